The van der Waals surface area contributed by atoms with Gasteiger partial charge in [0.05, 0.1) is 12.2 Å². The third-order valence-electron chi connectivity index (χ3n) is 3.38. The van der Waals surface area contributed by atoms with Crippen molar-refractivity contribution in [2.75, 3.05) is 0 Å². The summed E-state index contributed by atoms with van der Waals surface area (Å²) in [5.74, 6) is -0.518. The van der Waals surface area contributed by atoms with E-state index in [0.29, 0.717) is 12.8 Å². The lowest BCUT2D eigenvalue weighted by atomic mass is 10.0. The van der Waals surface area contributed by atoms with E-state index >= 15 is 0 Å². The lowest BCUT2D eigenvalue weighted by Crippen LogP contribution is -2.29. The van der Waals surface area contributed by atoms with Crippen molar-refractivity contribution in [1.29, 1.82) is 0 Å². The fourth-order valence-electron chi connectivity index (χ4n) is 2.75. The van der Waals surface area contributed by atoms with Crippen molar-refractivity contribution in [2.24, 2.45) is 0 Å². The number of ether oxygens (including phenoxy) is 2. The van der Waals surface area contributed by atoms with Crippen molar-refractivity contribution in [3.05, 3.63) is 16.1 Å². The highest BCUT2D eigenvalue weighted by Gasteiger charge is 2.54. The van der Waals surface area contributed by atoms with Crippen LogP contribution in [0, 0.1) is 6.92 Å². The van der Waals surface area contributed by atoms with Gasteiger partial charge >= 0.3 is 0 Å². The molecular formula is C12H17NO3S. The molecule has 1 aromatic rings. The SMILES string of the molecule is Cc1cnc(C2(O)C[C@@H]3OC(C)(C)O[C@@H]3C2)s1. The summed E-state index contributed by atoms with van der Waals surface area (Å²) in [6.45, 7) is 5.83. The number of nitrogens with zero attached hydrogens (tertiary/aromatic N) is 1. The van der Waals surface area contributed by atoms with Crippen LogP contribution in [0.2, 0.25) is 0 Å². The maximum atomic E-state index is 10.6. The van der Waals surface area contributed by atoms with Crippen LogP contribution in [0.5, 0.6) is 0 Å². The summed E-state index contributed by atoms with van der Waals surface area (Å²) in [5.41, 5.74) is -0.870. The van der Waals surface area contributed by atoms with Crippen LogP contribution >= 0.6 is 11.3 Å². The van der Waals surface area contributed by atoms with Gasteiger partial charge in [-0.2, -0.15) is 0 Å². The standard InChI is InChI=1S/C12H17NO3S/c1-7-6-13-10(17-7)12(14)4-8-9(5-12)16-11(2,3)15-8/h6,8-9,14H,4-5H2,1-3H3/t8-,9+,12?. The summed E-state index contributed by atoms with van der Waals surface area (Å²) in [7, 11) is 0. The highest BCUT2D eigenvalue weighted by atomic mass is 32.1. The van der Waals surface area contributed by atoms with Gasteiger partial charge in [0, 0.05) is 23.9 Å². The minimum Gasteiger partial charge on any atom is -0.382 e. The summed E-state index contributed by atoms with van der Waals surface area (Å²) >= 11 is 1.55. The average Bonchev–Trinajstić information content (AvgIpc) is 2.77. The van der Waals surface area contributed by atoms with E-state index in [9.17, 15) is 5.11 Å². The van der Waals surface area contributed by atoms with E-state index in [1.807, 2.05) is 20.8 Å². The predicted octanol–water partition coefficient (Wildman–Crippen LogP) is 1.95. The van der Waals surface area contributed by atoms with E-state index < -0.39 is 11.4 Å². The van der Waals surface area contributed by atoms with Crippen LogP contribution in [-0.4, -0.2) is 28.1 Å². The number of aliphatic hydroxyl groups is 1. The maximum Gasteiger partial charge on any atom is 0.163 e. The number of rotatable bonds is 1. The molecule has 0 bridgehead atoms. The van der Waals surface area contributed by atoms with Crippen LogP contribution < -0.4 is 0 Å². The monoisotopic (exact) mass is 255 g/mol. The summed E-state index contributed by atoms with van der Waals surface area (Å²) < 4.78 is 11.6. The molecule has 1 aliphatic heterocycles. The molecule has 0 aromatic carbocycles. The molecule has 1 aromatic heterocycles. The molecule has 3 rings (SSSR count). The molecule has 1 saturated heterocycles. The van der Waals surface area contributed by atoms with Crippen LogP contribution in [0.1, 0.15) is 36.6 Å². The van der Waals surface area contributed by atoms with E-state index in [4.69, 9.17) is 9.47 Å². The minimum absolute atomic E-state index is 0.0146. The smallest absolute Gasteiger partial charge is 0.163 e. The van der Waals surface area contributed by atoms with Gasteiger partial charge in [0.25, 0.3) is 0 Å². The molecule has 2 heterocycles. The van der Waals surface area contributed by atoms with Crippen LogP contribution in [0.15, 0.2) is 6.20 Å². The van der Waals surface area contributed by atoms with Crippen LogP contribution in [-0.2, 0) is 15.1 Å². The lowest BCUT2D eigenvalue weighted by Gasteiger charge is -2.24. The van der Waals surface area contributed by atoms with Crippen molar-refractivity contribution in [3.63, 3.8) is 0 Å². The molecular weight excluding hydrogens is 238 g/mol. The van der Waals surface area contributed by atoms with E-state index in [-0.39, 0.29) is 12.2 Å². The Bertz CT molecular complexity index is 427. The molecule has 2 aliphatic rings. The second-order valence-corrected chi connectivity index (χ2v) is 6.66. The van der Waals surface area contributed by atoms with Gasteiger partial charge in [0.1, 0.15) is 10.6 Å². The second kappa shape index (κ2) is 3.51. The number of aromatic nitrogens is 1. The van der Waals surface area contributed by atoms with Gasteiger partial charge in [-0.15, -0.1) is 11.3 Å². The summed E-state index contributed by atoms with van der Waals surface area (Å²) in [4.78, 5) is 5.41. The highest BCUT2D eigenvalue weighted by molar-refractivity contribution is 7.11. The zero-order valence-electron chi connectivity index (χ0n) is 10.3. The molecule has 94 valence electrons. The average molecular weight is 255 g/mol. The Morgan fingerprint density at radius 2 is 1.94 bits per heavy atom. The first kappa shape index (κ1) is 11.6. The van der Waals surface area contributed by atoms with E-state index in [1.54, 1.807) is 17.5 Å². The van der Waals surface area contributed by atoms with E-state index in [2.05, 4.69) is 4.98 Å². The largest absolute Gasteiger partial charge is 0.382 e. The molecule has 1 aliphatic carbocycles. The molecule has 0 amide bonds. The van der Waals surface area contributed by atoms with Crippen molar-refractivity contribution in [1.82, 2.24) is 4.98 Å². The second-order valence-electron chi connectivity index (χ2n) is 5.43. The third kappa shape index (κ3) is 1.91. The number of hydrogen-bond donors (Lipinski definition) is 1. The Labute approximate surface area is 105 Å². The van der Waals surface area contributed by atoms with Crippen molar-refractivity contribution >= 4 is 11.3 Å². The van der Waals surface area contributed by atoms with Gasteiger partial charge in [-0.3, -0.25) is 0 Å². The minimum atomic E-state index is -0.870. The molecule has 5 heteroatoms. The Morgan fingerprint density at radius 3 is 2.41 bits per heavy atom. The van der Waals surface area contributed by atoms with Crippen molar-refractivity contribution in [2.45, 2.75) is 57.2 Å². The molecule has 1 saturated carbocycles. The Balaban J connectivity index is 1.82. The quantitative estimate of drug-likeness (QED) is 0.833. The fourth-order valence-corrected chi connectivity index (χ4v) is 3.62. The first-order chi connectivity index (χ1) is 7.88. The van der Waals surface area contributed by atoms with Crippen LogP contribution in [0.3, 0.4) is 0 Å². The predicted molar refractivity (Wildman–Crippen MR) is 63.8 cm³/mol. The van der Waals surface area contributed by atoms with Gasteiger partial charge in [-0.25, -0.2) is 4.98 Å². The number of aryl methyl sites for hydroxylation is 1. The van der Waals surface area contributed by atoms with Gasteiger partial charge in [0.15, 0.2) is 5.79 Å². The summed E-state index contributed by atoms with van der Waals surface area (Å²) in [6, 6.07) is 0. The van der Waals surface area contributed by atoms with Gasteiger partial charge < -0.3 is 14.6 Å². The first-order valence-electron chi connectivity index (χ1n) is 5.89. The highest BCUT2D eigenvalue weighted by Crippen LogP contribution is 2.48. The number of fused-ring (bicyclic) bond motifs is 1. The van der Waals surface area contributed by atoms with Crippen LogP contribution in [0.25, 0.3) is 0 Å². The molecule has 1 unspecified atom stereocenters. The molecule has 17 heavy (non-hydrogen) atoms. The molecule has 3 atom stereocenters. The lowest BCUT2D eigenvalue weighted by molar-refractivity contribution is -0.165. The maximum absolute atomic E-state index is 10.6. The topological polar surface area (TPSA) is 51.6 Å². The molecule has 0 spiro atoms. The zero-order valence-corrected chi connectivity index (χ0v) is 11.1. The summed E-state index contributed by atoms with van der Waals surface area (Å²) in [5, 5.41) is 11.4. The van der Waals surface area contributed by atoms with Crippen molar-refractivity contribution in [3.8, 4) is 0 Å². The van der Waals surface area contributed by atoms with E-state index in [1.165, 1.54) is 0 Å². The van der Waals surface area contributed by atoms with Gasteiger partial charge in [-0.1, -0.05) is 0 Å². The van der Waals surface area contributed by atoms with Gasteiger partial charge in [-0.05, 0) is 20.8 Å². The third-order valence-corrected chi connectivity index (χ3v) is 4.49. The fraction of sp³-hybridized carbons (Fsp3) is 0.750. The van der Waals surface area contributed by atoms with E-state index in [0.717, 1.165) is 9.88 Å². The first-order valence-corrected chi connectivity index (χ1v) is 6.71. The molecule has 2 fully saturated rings. The summed E-state index contributed by atoms with van der Waals surface area (Å²) in [6.07, 6.45) is 2.93. The van der Waals surface area contributed by atoms with Crippen LogP contribution in [0.4, 0.5) is 0 Å². The normalized spacial score (nSPS) is 39.5. The Kier molecular flexibility index (Phi) is 2.39. The molecule has 4 nitrogen and oxygen atoms in total. The number of hydrogen-bond acceptors (Lipinski definition) is 5. The van der Waals surface area contributed by atoms with Gasteiger partial charge in [0.2, 0.25) is 0 Å². The molecule has 1 N–H and O–H groups in total. The molecule has 0 radical (unpaired) electrons. The Hall–Kier alpha value is -0.490. The number of thiazole rings is 1. The Morgan fingerprint density at radius 1 is 1.35 bits per heavy atom. The zero-order chi connectivity index (χ0) is 12.3. The van der Waals surface area contributed by atoms with Crippen molar-refractivity contribution < 1.29 is 14.6 Å².